The lowest BCUT2D eigenvalue weighted by Crippen LogP contribution is -2.08. The smallest absolute Gasteiger partial charge is 0.119 e. The van der Waals surface area contributed by atoms with Gasteiger partial charge in [0.15, 0.2) is 0 Å². The van der Waals surface area contributed by atoms with Crippen LogP contribution in [0.3, 0.4) is 0 Å². The van der Waals surface area contributed by atoms with Gasteiger partial charge in [0.2, 0.25) is 0 Å². The van der Waals surface area contributed by atoms with Crippen molar-refractivity contribution in [2.24, 2.45) is 5.73 Å². The highest BCUT2D eigenvalue weighted by atomic mass is 16.5. The van der Waals surface area contributed by atoms with E-state index < -0.39 is 0 Å². The van der Waals surface area contributed by atoms with Crippen LogP contribution < -0.4 is 10.5 Å². The van der Waals surface area contributed by atoms with Crippen molar-refractivity contribution in [3.8, 4) is 5.75 Å². The third-order valence-corrected chi connectivity index (χ3v) is 2.01. The summed E-state index contributed by atoms with van der Waals surface area (Å²) in [6.07, 6.45) is 0. The van der Waals surface area contributed by atoms with Crippen LogP contribution in [0.5, 0.6) is 5.75 Å². The Bertz CT molecular complexity index is 284. The van der Waals surface area contributed by atoms with Crippen molar-refractivity contribution in [2.75, 3.05) is 7.11 Å². The van der Waals surface area contributed by atoms with Gasteiger partial charge in [-0.25, -0.2) is 0 Å². The van der Waals surface area contributed by atoms with E-state index in [1.807, 2.05) is 19.1 Å². The molecule has 0 bridgehead atoms. The molecule has 0 amide bonds. The van der Waals surface area contributed by atoms with Crippen LogP contribution >= 0.6 is 0 Å². The molecule has 3 N–H and O–H groups in total. The quantitative estimate of drug-likeness (QED) is 0.736. The zero-order valence-corrected chi connectivity index (χ0v) is 7.95. The van der Waals surface area contributed by atoms with Gasteiger partial charge in [-0.2, -0.15) is 0 Å². The molecular weight excluding hydrogens is 166 g/mol. The Morgan fingerprint density at radius 3 is 2.69 bits per heavy atom. The first kappa shape index (κ1) is 10.0. The van der Waals surface area contributed by atoms with Crippen molar-refractivity contribution in [1.82, 2.24) is 0 Å². The van der Waals surface area contributed by atoms with E-state index >= 15 is 0 Å². The minimum absolute atomic E-state index is 0.00588. The normalized spacial score (nSPS) is 12.6. The number of methoxy groups -OCH3 is 1. The Balaban J connectivity index is 3.08. The van der Waals surface area contributed by atoms with Gasteiger partial charge < -0.3 is 15.6 Å². The molecule has 13 heavy (non-hydrogen) atoms. The second kappa shape index (κ2) is 4.25. The fraction of sp³-hybridized carbons (Fsp3) is 0.400. The van der Waals surface area contributed by atoms with Crippen LogP contribution in [-0.2, 0) is 6.61 Å². The Morgan fingerprint density at radius 1 is 1.54 bits per heavy atom. The largest absolute Gasteiger partial charge is 0.497 e. The molecule has 1 atom stereocenters. The lowest BCUT2D eigenvalue weighted by molar-refractivity contribution is 0.279. The molecule has 1 rings (SSSR count). The Kier molecular flexibility index (Phi) is 3.28. The van der Waals surface area contributed by atoms with Gasteiger partial charge >= 0.3 is 0 Å². The molecule has 1 aromatic rings. The summed E-state index contributed by atoms with van der Waals surface area (Å²) in [5, 5.41) is 9.08. The van der Waals surface area contributed by atoms with Crippen LogP contribution in [0, 0.1) is 0 Å². The predicted molar refractivity (Wildman–Crippen MR) is 51.5 cm³/mol. The van der Waals surface area contributed by atoms with Crippen LogP contribution in [0.4, 0.5) is 0 Å². The molecule has 0 fully saturated rings. The number of hydrogen-bond donors (Lipinski definition) is 2. The van der Waals surface area contributed by atoms with Crippen molar-refractivity contribution in [1.29, 1.82) is 0 Å². The summed E-state index contributed by atoms with van der Waals surface area (Å²) >= 11 is 0. The number of rotatable bonds is 3. The molecule has 0 saturated heterocycles. The molecule has 0 heterocycles. The van der Waals surface area contributed by atoms with E-state index in [0.29, 0.717) is 0 Å². The summed E-state index contributed by atoms with van der Waals surface area (Å²) in [4.78, 5) is 0. The van der Waals surface area contributed by atoms with Crippen molar-refractivity contribution in [3.05, 3.63) is 29.3 Å². The lowest BCUT2D eigenvalue weighted by atomic mass is 10.0. The molecule has 1 aromatic carbocycles. The first-order valence-corrected chi connectivity index (χ1v) is 4.22. The van der Waals surface area contributed by atoms with Gasteiger partial charge in [-0.3, -0.25) is 0 Å². The highest BCUT2D eigenvalue weighted by Crippen LogP contribution is 2.21. The topological polar surface area (TPSA) is 55.5 Å². The van der Waals surface area contributed by atoms with Crippen molar-refractivity contribution in [3.63, 3.8) is 0 Å². The van der Waals surface area contributed by atoms with E-state index in [2.05, 4.69) is 0 Å². The van der Waals surface area contributed by atoms with Gasteiger partial charge in [0.1, 0.15) is 5.75 Å². The minimum atomic E-state index is -0.0620. The lowest BCUT2D eigenvalue weighted by Gasteiger charge is -2.12. The molecule has 0 saturated carbocycles. The maximum atomic E-state index is 9.08. The Labute approximate surface area is 78.1 Å². The van der Waals surface area contributed by atoms with Gasteiger partial charge in [-0.1, -0.05) is 6.07 Å². The highest BCUT2D eigenvalue weighted by Gasteiger charge is 2.06. The highest BCUT2D eigenvalue weighted by molar-refractivity contribution is 5.36. The molecule has 0 spiro atoms. The molecule has 1 unspecified atom stereocenters. The summed E-state index contributed by atoms with van der Waals surface area (Å²) in [6.45, 7) is 1.88. The molecule has 0 aliphatic heterocycles. The summed E-state index contributed by atoms with van der Waals surface area (Å²) in [7, 11) is 1.60. The van der Waals surface area contributed by atoms with Crippen molar-refractivity contribution >= 4 is 0 Å². The maximum Gasteiger partial charge on any atom is 0.119 e. The average molecular weight is 181 g/mol. The number of aliphatic hydroxyl groups excluding tert-OH is 1. The third-order valence-electron chi connectivity index (χ3n) is 2.01. The molecule has 72 valence electrons. The summed E-state index contributed by atoms with van der Waals surface area (Å²) in [5.41, 5.74) is 7.52. The number of nitrogens with two attached hydrogens (primary N) is 1. The maximum absolute atomic E-state index is 9.08. The molecule has 0 radical (unpaired) electrons. The summed E-state index contributed by atoms with van der Waals surface area (Å²) in [6, 6.07) is 5.47. The Hall–Kier alpha value is -1.06. The average Bonchev–Trinajstić information content (AvgIpc) is 2.16. The van der Waals surface area contributed by atoms with Crippen LogP contribution in [0.15, 0.2) is 18.2 Å². The predicted octanol–water partition coefficient (Wildman–Crippen LogP) is 1.21. The summed E-state index contributed by atoms with van der Waals surface area (Å²) < 4.78 is 5.04. The van der Waals surface area contributed by atoms with E-state index in [1.54, 1.807) is 13.2 Å². The third kappa shape index (κ3) is 2.20. The first-order valence-electron chi connectivity index (χ1n) is 4.22. The van der Waals surface area contributed by atoms with Gasteiger partial charge in [-0.15, -0.1) is 0 Å². The van der Waals surface area contributed by atoms with Crippen LogP contribution in [0.1, 0.15) is 24.1 Å². The SMILES string of the molecule is COc1ccc(C(C)N)c(CO)c1. The fourth-order valence-corrected chi connectivity index (χ4v) is 1.29. The standard InChI is InChI=1S/C10H15NO2/c1-7(11)10-4-3-9(13-2)5-8(10)6-12/h3-5,7,12H,6,11H2,1-2H3. The van der Waals surface area contributed by atoms with Gasteiger partial charge in [-0.05, 0) is 30.2 Å². The number of aliphatic hydroxyl groups is 1. The molecule has 0 aliphatic rings. The molecular formula is C10H15NO2. The van der Waals surface area contributed by atoms with Crippen LogP contribution in [0.2, 0.25) is 0 Å². The van der Waals surface area contributed by atoms with E-state index in [1.165, 1.54) is 0 Å². The first-order chi connectivity index (χ1) is 6.19. The van der Waals surface area contributed by atoms with Gasteiger partial charge in [0, 0.05) is 6.04 Å². The molecule has 3 nitrogen and oxygen atoms in total. The van der Waals surface area contributed by atoms with E-state index in [4.69, 9.17) is 15.6 Å². The number of benzene rings is 1. The fourth-order valence-electron chi connectivity index (χ4n) is 1.29. The van der Waals surface area contributed by atoms with Crippen LogP contribution in [0.25, 0.3) is 0 Å². The van der Waals surface area contributed by atoms with E-state index in [0.717, 1.165) is 16.9 Å². The number of ether oxygens (including phenoxy) is 1. The number of hydrogen-bond acceptors (Lipinski definition) is 3. The van der Waals surface area contributed by atoms with Crippen LogP contribution in [-0.4, -0.2) is 12.2 Å². The molecule has 3 heteroatoms. The second-order valence-corrected chi connectivity index (χ2v) is 3.01. The monoisotopic (exact) mass is 181 g/mol. The second-order valence-electron chi connectivity index (χ2n) is 3.01. The van der Waals surface area contributed by atoms with Crippen molar-refractivity contribution in [2.45, 2.75) is 19.6 Å². The van der Waals surface area contributed by atoms with E-state index in [-0.39, 0.29) is 12.6 Å². The molecule has 0 aliphatic carbocycles. The zero-order valence-electron chi connectivity index (χ0n) is 7.95. The summed E-state index contributed by atoms with van der Waals surface area (Å²) in [5.74, 6) is 0.744. The minimum Gasteiger partial charge on any atom is -0.497 e. The van der Waals surface area contributed by atoms with E-state index in [9.17, 15) is 0 Å². The molecule has 0 aromatic heterocycles. The Morgan fingerprint density at radius 2 is 2.23 bits per heavy atom. The van der Waals surface area contributed by atoms with Crippen molar-refractivity contribution < 1.29 is 9.84 Å². The van der Waals surface area contributed by atoms with Gasteiger partial charge in [0.05, 0.1) is 13.7 Å². The van der Waals surface area contributed by atoms with Gasteiger partial charge in [0.25, 0.3) is 0 Å². The zero-order chi connectivity index (χ0) is 9.84.